The third kappa shape index (κ3) is 5.29. The van der Waals surface area contributed by atoms with E-state index >= 15 is 0 Å². The molecule has 3 aromatic carbocycles. The van der Waals surface area contributed by atoms with Crippen LogP contribution in [0.5, 0.6) is 0 Å². The highest BCUT2D eigenvalue weighted by Gasteiger charge is 2.10. The van der Waals surface area contributed by atoms with Crippen molar-refractivity contribution < 1.29 is 9.59 Å². The number of amides is 2. The van der Waals surface area contributed by atoms with E-state index in [2.05, 4.69) is 20.6 Å². The Morgan fingerprint density at radius 2 is 1.68 bits per heavy atom. The predicted octanol–water partition coefficient (Wildman–Crippen LogP) is 4.70. The highest BCUT2D eigenvalue weighted by atomic mass is 35.5. The van der Waals surface area contributed by atoms with E-state index in [0.717, 1.165) is 33.7 Å². The molecule has 156 valence electrons. The molecule has 0 unspecified atom stereocenters. The highest BCUT2D eigenvalue weighted by molar-refractivity contribution is 6.30. The molecule has 7 heteroatoms. The van der Waals surface area contributed by atoms with Gasteiger partial charge in [0.05, 0.1) is 11.0 Å². The summed E-state index contributed by atoms with van der Waals surface area (Å²) in [6.07, 6.45) is 0.618. The van der Waals surface area contributed by atoms with Gasteiger partial charge in [-0.2, -0.15) is 0 Å². The minimum absolute atomic E-state index is 0.0990. The monoisotopic (exact) mass is 432 g/mol. The molecule has 31 heavy (non-hydrogen) atoms. The number of nitrogens with one attached hydrogen (secondary N) is 3. The van der Waals surface area contributed by atoms with Crippen molar-refractivity contribution in [2.75, 3.05) is 5.32 Å². The fourth-order valence-electron chi connectivity index (χ4n) is 3.28. The van der Waals surface area contributed by atoms with Gasteiger partial charge in [0.25, 0.3) is 5.91 Å². The molecule has 1 aromatic heterocycles. The van der Waals surface area contributed by atoms with Crippen LogP contribution in [0.1, 0.15) is 34.2 Å². The summed E-state index contributed by atoms with van der Waals surface area (Å²) in [4.78, 5) is 31.6. The van der Waals surface area contributed by atoms with Gasteiger partial charge in [-0.1, -0.05) is 35.9 Å². The topological polar surface area (TPSA) is 86.9 Å². The van der Waals surface area contributed by atoms with Crippen LogP contribution < -0.4 is 10.6 Å². The Morgan fingerprint density at radius 3 is 2.39 bits per heavy atom. The normalized spacial score (nSPS) is 10.8. The van der Waals surface area contributed by atoms with Gasteiger partial charge >= 0.3 is 0 Å². The molecule has 0 aliphatic carbocycles. The SMILES string of the molecule is CC(=O)Nc1ccc(Cc2nc3ccc(C(=O)NCc4ccc(Cl)cc4)cc3[nH]2)cc1. The van der Waals surface area contributed by atoms with E-state index < -0.39 is 0 Å². The molecule has 0 aliphatic rings. The number of benzene rings is 3. The van der Waals surface area contributed by atoms with Crippen LogP contribution in [0.3, 0.4) is 0 Å². The number of hydrogen-bond donors (Lipinski definition) is 3. The molecule has 6 nitrogen and oxygen atoms in total. The second-order valence-electron chi connectivity index (χ2n) is 7.28. The lowest BCUT2D eigenvalue weighted by atomic mass is 10.1. The van der Waals surface area contributed by atoms with E-state index in [1.54, 1.807) is 18.2 Å². The van der Waals surface area contributed by atoms with E-state index in [1.165, 1.54) is 6.92 Å². The lowest BCUT2D eigenvalue weighted by Gasteiger charge is -2.05. The number of aromatic nitrogens is 2. The number of carbonyl (C=O) groups excluding carboxylic acids is 2. The van der Waals surface area contributed by atoms with Gasteiger partial charge in [-0.15, -0.1) is 0 Å². The largest absolute Gasteiger partial charge is 0.348 e. The Bertz CT molecular complexity index is 1230. The summed E-state index contributed by atoms with van der Waals surface area (Å²) < 4.78 is 0. The first-order valence-corrected chi connectivity index (χ1v) is 10.2. The van der Waals surface area contributed by atoms with Gasteiger partial charge in [-0.3, -0.25) is 9.59 Å². The van der Waals surface area contributed by atoms with Gasteiger partial charge in [0.2, 0.25) is 5.91 Å². The molecular formula is C24H21ClN4O2. The summed E-state index contributed by atoms with van der Waals surface area (Å²) in [5, 5.41) is 6.34. The molecule has 0 saturated carbocycles. The molecular weight excluding hydrogens is 412 g/mol. The average Bonchev–Trinajstić information content (AvgIpc) is 3.15. The molecule has 1 heterocycles. The Morgan fingerprint density at radius 1 is 0.968 bits per heavy atom. The maximum atomic E-state index is 12.5. The van der Waals surface area contributed by atoms with Gasteiger partial charge in [0.1, 0.15) is 5.82 Å². The number of fused-ring (bicyclic) bond motifs is 1. The number of hydrogen-bond acceptors (Lipinski definition) is 3. The van der Waals surface area contributed by atoms with Crippen LogP contribution in [-0.4, -0.2) is 21.8 Å². The van der Waals surface area contributed by atoms with E-state index in [1.807, 2.05) is 48.5 Å². The lowest BCUT2D eigenvalue weighted by Crippen LogP contribution is -2.22. The van der Waals surface area contributed by atoms with E-state index in [4.69, 9.17) is 11.6 Å². The third-order valence-electron chi connectivity index (χ3n) is 4.81. The molecule has 0 atom stereocenters. The van der Waals surface area contributed by atoms with Crippen LogP contribution in [0, 0.1) is 0 Å². The van der Waals surface area contributed by atoms with Crippen LogP contribution >= 0.6 is 11.6 Å². The molecule has 0 bridgehead atoms. The van der Waals surface area contributed by atoms with Gasteiger partial charge < -0.3 is 15.6 Å². The lowest BCUT2D eigenvalue weighted by molar-refractivity contribution is -0.114. The smallest absolute Gasteiger partial charge is 0.251 e. The maximum Gasteiger partial charge on any atom is 0.251 e. The second-order valence-corrected chi connectivity index (χ2v) is 7.72. The second kappa shape index (κ2) is 9.02. The number of H-pyrrole nitrogens is 1. The average molecular weight is 433 g/mol. The van der Waals surface area contributed by atoms with Crippen molar-refractivity contribution >= 4 is 40.1 Å². The first kappa shape index (κ1) is 20.6. The summed E-state index contributed by atoms with van der Waals surface area (Å²) in [7, 11) is 0. The standard InChI is InChI=1S/C24H21ClN4O2/c1-15(30)27-20-9-4-16(5-10-20)12-23-28-21-11-6-18(13-22(21)29-23)24(31)26-14-17-2-7-19(25)8-3-17/h2-11,13H,12,14H2,1H3,(H,26,31)(H,27,30)(H,28,29). The Kier molecular flexibility index (Phi) is 6.00. The van der Waals surface area contributed by atoms with Crippen LogP contribution in [0.4, 0.5) is 5.69 Å². The van der Waals surface area contributed by atoms with Crippen molar-refractivity contribution in [3.05, 3.63) is 94.3 Å². The number of anilines is 1. The third-order valence-corrected chi connectivity index (χ3v) is 5.06. The molecule has 4 aromatic rings. The summed E-state index contributed by atoms with van der Waals surface area (Å²) in [6, 6.07) is 20.4. The summed E-state index contributed by atoms with van der Waals surface area (Å²) in [5.74, 6) is 0.556. The molecule has 3 N–H and O–H groups in total. The van der Waals surface area contributed by atoms with E-state index in [0.29, 0.717) is 23.6 Å². The summed E-state index contributed by atoms with van der Waals surface area (Å²) in [6.45, 7) is 1.91. The Hall–Kier alpha value is -3.64. The van der Waals surface area contributed by atoms with Gasteiger partial charge in [-0.25, -0.2) is 4.98 Å². The van der Waals surface area contributed by atoms with Gasteiger partial charge in [0.15, 0.2) is 0 Å². The number of nitrogens with zero attached hydrogens (tertiary/aromatic N) is 1. The maximum absolute atomic E-state index is 12.5. The number of imidazole rings is 1. The summed E-state index contributed by atoms with van der Waals surface area (Å²) in [5.41, 5.74) is 4.98. The molecule has 0 spiro atoms. The van der Waals surface area contributed by atoms with Crippen molar-refractivity contribution in [1.82, 2.24) is 15.3 Å². The molecule has 4 rings (SSSR count). The van der Waals surface area contributed by atoms with Gasteiger partial charge in [-0.05, 0) is 53.6 Å². The zero-order valence-electron chi connectivity index (χ0n) is 16.9. The van der Waals surface area contributed by atoms with Gasteiger partial charge in [0, 0.05) is 36.2 Å². The van der Waals surface area contributed by atoms with Crippen molar-refractivity contribution in [3.8, 4) is 0 Å². The quantitative estimate of drug-likeness (QED) is 0.413. The number of rotatable bonds is 6. The number of aromatic amines is 1. The van der Waals surface area contributed by atoms with Crippen molar-refractivity contribution in [2.45, 2.75) is 19.9 Å². The van der Waals surface area contributed by atoms with E-state index in [-0.39, 0.29) is 11.8 Å². The van der Waals surface area contributed by atoms with Crippen molar-refractivity contribution in [3.63, 3.8) is 0 Å². The molecule has 0 radical (unpaired) electrons. The van der Waals surface area contributed by atoms with Crippen LogP contribution in [0.15, 0.2) is 66.7 Å². The van der Waals surface area contributed by atoms with Crippen molar-refractivity contribution in [2.24, 2.45) is 0 Å². The Balaban J connectivity index is 1.43. The zero-order valence-corrected chi connectivity index (χ0v) is 17.7. The molecule has 0 fully saturated rings. The first-order valence-electron chi connectivity index (χ1n) is 9.84. The predicted molar refractivity (Wildman–Crippen MR) is 122 cm³/mol. The minimum Gasteiger partial charge on any atom is -0.348 e. The van der Waals surface area contributed by atoms with Crippen LogP contribution in [0.2, 0.25) is 5.02 Å². The van der Waals surface area contributed by atoms with Crippen molar-refractivity contribution in [1.29, 1.82) is 0 Å². The molecule has 0 saturated heterocycles. The molecule has 2 amide bonds. The fraction of sp³-hybridized carbons (Fsp3) is 0.125. The molecule has 0 aliphatic heterocycles. The Labute approximate surface area is 184 Å². The fourth-order valence-corrected chi connectivity index (χ4v) is 3.40. The van der Waals surface area contributed by atoms with E-state index in [9.17, 15) is 9.59 Å². The highest BCUT2D eigenvalue weighted by Crippen LogP contribution is 2.18. The van der Waals surface area contributed by atoms with Crippen LogP contribution in [-0.2, 0) is 17.8 Å². The zero-order chi connectivity index (χ0) is 21.8. The van der Waals surface area contributed by atoms with Crippen LogP contribution in [0.25, 0.3) is 11.0 Å². The minimum atomic E-state index is -0.151. The summed E-state index contributed by atoms with van der Waals surface area (Å²) >= 11 is 5.89. The first-order chi connectivity index (χ1) is 15.0. The number of carbonyl (C=O) groups is 2. The number of halogens is 1.